The van der Waals surface area contributed by atoms with Crippen LogP contribution in [0.1, 0.15) is 31.7 Å². The van der Waals surface area contributed by atoms with Crippen LogP contribution in [0.25, 0.3) is 0 Å². The van der Waals surface area contributed by atoms with Crippen LogP contribution in [0.4, 0.5) is 13.2 Å². The van der Waals surface area contributed by atoms with E-state index in [4.69, 9.17) is 0 Å². The van der Waals surface area contributed by atoms with E-state index in [1.54, 1.807) is 0 Å². The molecule has 0 spiro atoms. The Morgan fingerprint density at radius 3 is 2.36 bits per heavy atom. The fourth-order valence-electron chi connectivity index (χ4n) is 3.18. The van der Waals surface area contributed by atoms with E-state index in [1.807, 2.05) is 25.1 Å². The monoisotopic (exact) mass is 512 g/mol. The first-order valence-electron chi connectivity index (χ1n) is 9.14. The van der Waals surface area contributed by atoms with Gasteiger partial charge >= 0.3 is 6.18 Å². The second kappa shape index (κ2) is 10.9. The van der Waals surface area contributed by atoms with Gasteiger partial charge in [-0.15, -0.1) is 24.0 Å². The average molecular weight is 512 g/mol. The minimum absolute atomic E-state index is 0. The molecule has 1 aromatic carbocycles. The number of rotatable bonds is 7. The number of halogens is 4. The molecule has 1 aromatic rings. The largest absolute Gasteiger partial charge is 0.406 e. The van der Waals surface area contributed by atoms with Crippen molar-refractivity contribution in [3.8, 4) is 0 Å². The molecule has 1 saturated carbocycles. The lowest BCUT2D eigenvalue weighted by Gasteiger charge is -2.43. The molecular formula is C19H28F3IN4O. The number of carbonyl (C=O) groups excluding carboxylic acids is 1. The Bertz CT molecular complexity index is 648. The minimum Gasteiger partial charge on any atom is -0.357 e. The normalized spacial score (nSPS) is 15.8. The summed E-state index contributed by atoms with van der Waals surface area (Å²) in [4.78, 5) is 16.7. The molecule has 0 aliphatic heterocycles. The van der Waals surface area contributed by atoms with Crippen molar-refractivity contribution >= 4 is 35.8 Å². The van der Waals surface area contributed by atoms with Crippen LogP contribution in [0.15, 0.2) is 35.3 Å². The molecular weight excluding hydrogens is 484 g/mol. The first kappa shape index (κ1) is 24.5. The molecule has 0 radical (unpaired) electrons. The molecule has 0 heterocycles. The molecule has 5 nitrogen and oxygen atoms in total. The number of nitrogens with one attached hydrogen (secondary N) is 2. The topological polar surface area (TPSA) is 56.7 Å². The van der Waals surface area contributed by atoms with Crippen molar-refractivity contribution in [1.29, 1.82) is 0 Å². The molecule has 1 aliphatic carbocycles. The number of hydrogen-bond acceptors (Lipinski definition) is 2. The summed E-state index contributed by atoms with van der Waals surface area (Å²) in [7, 11) is 1.13. The van der Waals surface area contributed by atoms with Crippen LogP contribution >= 0.6 is 24.0 Å². The third-order valence-corrected chi connectivity index (χ3v) is 4.85. The predicted molar refractivity (Wildman–Crippen MR) is 115 cm³/mol. The van der Waals surface area contributed by atoms with Gasteiger partial charge < -0.3 is 15.5 Å². The van der Waals surface area contributed by atoms with Gasteiger partial charge in [-0.05, 0) is 25.3 Å². The van der Waals surface area contributed by atoms with Gasteiger partial charge in [0.05, 0.1) is 0 Å². The number of amides is 1. The summed E-state index contributed by atoms with van der Waals surface area (Å²) in [6.45, 7) is 1.54. The fraction of sp³-hybridized carbons (Fsp3) is 0.579. The Kier molecular flexibility index (Phi) is 9.52. The van der Waals surface area contributed by atoms with Crippen LogP contribution in [0.3, 0.4) is 0 Å². The van der Waals surface area contributed by atoms with Crippen LogP contribution in [-0.4, -0.2) is 56.2 Å². The van der Waals surface area contributed by atoms with Crippen LogP contribution < -0.4 is 10.6 Å². The molecule has 0 bridgehead atoms. The zero-order valence-electron chi connectivity index (χ0n) is 16.2. The van der Waals surface area contributed by atoms with Crippen molar-refractivity contribution in [3.05, 3.63) is 35.9 Å². The Labute approximate surface area is 181 Å². The molecule has 9 heteroatoms. The minimum atomic E-state index is -4.41. The van der Waals surface area contributed by atoms with E-state index in [9.17, 15) is 18.0 Å². The Balaban J connectivity index is 0.00000392. The number of alkyl halides is 3. The molecule has 0 unspecified atom stereocenters. The Hall–Kier alpha value is -1.52. The summed E-state index contributed by atoms with van der Waals surface area (Å²) < 4.78 is 37.2. The maximum atomic E-state index is 12.4. The maximum absolute atomic E-state index is 12.4. The van der Waals surface area contributed by atoms with Gasteiger partial charge in [-0.1, -0.05) is 36.8 Å². The van der Waals surface area contributed by atoms with Crippen molar-refractivity contribution in [2.75, 3.05) is 33.2 Å². The SMILES string of the molecule is CCNC(=NCC(=O)N(C)CC(F)(F)F)NCC1(c2ccccc2)CCC1.I. The van der Waals surface area contributed by atoms with Gasteiger partial charge in [0, 0.05) is 25.6 Å². The number of benzene rings is 1. The maximum Gasteiger partial charge on any atom is 0.406 e. The molecule has 2 rings (SSSR count). The third-order valence-electron chi connectivity index (χ3n) is 4.85. The second-order valence-corrected chi connectivity index (χ2v) is 6.91. The first-order chi connectivity index (χ1) is 12.8. The molecule has 1 amide bonds. The Morgan fingerprint density at radius 2 is 1.86 bits per heavy atom. The highest BCUT2D eigenvalue weighted by molar-refractivity contribution is 14.0. The second-order valence-electron chi connectivity index (χ2n) is 6.91. The van der Waals surface area contributed by atoms with E-state index in [2.05, 4.69) is 27.8 Å². The zero-order valence-corrected chi connectivity index (χ0v) is 18.5. The van der Waals surface area contributed by atoms with Crippen molar-refractivity contribution in [2.24, 2.45) is 4.99 Å². The molecule has 28 heavy (non-hydrogen) atoms. The van der Waals surface area contributed by atoms with Gasteiger partial charge in [-0.3, -0.25) is 4.79 Å². The van der Waals surface area contributed by atoms with Crippen molar-refractivity contribution in [3.63, 3.8) is 0 Å². The number of guanidine groups is 1. The Morgan fingerprint density at radius 1 is 1.21 bits per heavy atom. The fourth-order valence-corrected chi connectivity index (χ4v) is 3.18. The van der Waals surface area contributed by atoms with Gasteiger partial charge in [0.1, 0.15) is 13.1 Å². The quantitative estimate of drug-likeness (QED) is 0.335. The lowest BCUT2D eigenvalue weighted by atomic mass is 9.64. The van der Waals surface area contributed by atoms with E-state index in [0.717, 1.165) is 26.3 Å². The highest BCUT2D eigenvalue weighted by atomic mass is 127. The zero-order chi connectivity index (χ0) is 19.9. The summed E-state index contributed by atoms with van der Waals surface area (Å²) in [5, 5.41) is 6.29. The molecule has 0 atom stereocenters. The summed E-state index contributed by atoms with van der Waals surface area (Å²) in [6, 6.07) is 10.2. The molecule has 1 fully saturated rings. The molecule has 1 aliphatic rings. The van der Waals surface area contributed by atoms with Gasteiger partial charge in [-0.2, -0.15) is 13.2 Å². The predicted octanol–water partition coefficient (Wildman–Crippen LogP) is 3.30. The van der Waals surface area contributed by atoms with E-state index < -0.39 is 18.6 Å². The standard InChI is InChI=1S/C19H27F3N4O.HI/c1-3-23-17(24-12-16(27)26(2)14-19(20,21)22)25-13-18(10-7-11-18)15-8-5-4-6-9-15;/h4-6,8-9H,3,7,10-14H2,1-2H3,(H2,23,24,25);1H. The number of nitrogens with zero attached hydrogens (tertiary/aromatic N) is 2. The number of aliphatic imine (C=N–C) groups is 1. The summed E-state index contributed by atoms with van der Waals surface area (Å²) in [6.07, 6.45) is -1.12. The number of likely N-dealkylation sites (N-methyl/N-ethyl adjacent to an activating group) is 1. The van der Waals surface area contributed by atoms with Crippen molar-refractivity contribution in [1.82, 2.24) is 15.5 Å². The van der Waals surface area contributed by atoms with E-state index >= 15 is 0 Å². The van der Waals surface area contributed by atoms with E-state index in [-0.39, 0.29) is 35.9 Å². The first-order valence-corrected chi connectivity index (χ1v) is 9.14. The summed E-state index contributed by atoms with van der Waals surface area (Å²) in [5.74, 6) is -0.237. The third kappa shape index (κ3) is 7.14. The van der Waals surface area contributed by atoms with Gasteiger partial charge in [0.15, 0.2) is 5.96 Å². The van der Waals surface area contributed by atoms with Gasteiger partial charge in [0.2, 0.25) is 5.91 Å². The van der Waals surface area contributed by atoms with E-state index in [0.29, 0.717) is 23.9 Å². The van der Waals surface area contributed by atoms with Crippen LogP contribution in [0, 0.1) is 0 Å². The summed E-state index contributed by atoms with van der Waals surface area (Å²) in [5.41, 5.74) is 1.30. The highest BCUT2D eigenvalue weighted by Crippen LogP contribution is 2.43. The van der Waals surface area contributed by atoms with Crippen LogP contribution in [-0.2, 0) is 10.2 Å². The van der Waals surface area contributed by atoms with Crippen molar-refractivity contribution in [2.45, 2.75) is 37.8 Å². The van der Waals surface area contributed by atoms with Crippen LogP contribution in [0.2, 0.25) is 0 Å². The highest BCUT2D eigenvalue weighted by Gasteiger charge is 2.38. The van der Waals surface area contributed by atoms with Gasteiger partial charge in [-0.25, -0.2) is 4.99 Å². The number of carbonyl (C=O) groups is 1. The van der Waals surface area contributed by atoms with Crippen molar-refractivity contribution < 1.29 is 18.0 Å². The van der Waals surface area contributed by atoms with Crippen LogP contribution in [0.5, 0.6) is 0 Å². The van der Waals surface area contributed by atoms with Gasteiger partial charge in [0.25, 0.3) is 0 Å². The lowest BCUT2D eigenvalue weighted by Crippen LogP contribution is -2.49. The average Bonchev–Trinajstić information content (AvgIpc) is 2.57. The summed E-state index contributed by atoms with van der Waals surface area (Å²) >= 11 is 0. The lowest BCUT2D eigenvalue weighted by molar-refractivity contribution is -0.157. The number of hydrogen-bond donors (Lipinski definition) is 2. The molecule has 2 N–H and O–H groups in total. The smallest absolute Gasteiger partial charge is 0.357 e. The molecule has 158 valence electrons. The van der Waals surface area contributed by atoms with E-state index in [1.165, 1.54) is 5.56 Å². The molecule has 0 aromatic heterocycles. The molecule has 0 saturated heterocycles.